The molecule has 0 aliphatic rings. The minimum absolute atomic E-state index is 0.266. The van der Waals surface area contributed by atoms with Gasteiger partial charge in [-0.05, 0) is 18.5 Å². The highest BCUT2D eigenvalue weighted by Gasteiger charge is 2.12. The van der Waals surface area contributed by atoms with Gasteiger partial charge in [0, 0.05) is 0 Å². The summed E-state index contributed by atoms with van der Waals surface area (Å²) in [4.78, 5) is 12.0. The molecule has 0 saturated heterocycles. The van der Waals surface area contributed by atoms with Crippen molar-refractivity contribution in [3.05, 3.63) is 23.2 Å². The molecule has 0 aromatic carbocycles. The number of nitrogens with one attached hydrogen (secondary N) is 1. The smallest absolute Gasteiger partial charge is 0.266 e. The van der Waals surface area contributed by atoms with Gasteiger partial charge >= 0.3 is 0 Å². The molecule has 1 N–H and O–H groups in total. The van der Waals surface area contributed by atoms with E-state index in [1.165, 1.54) is 17.3 Å². The first-order chi connectivity index (χ1) is 6.77. The van der Waals surface area contributed by atoms with E-state index < -0.39 is 0 Å². The van der Waals surface area contributed by atoms with Crippen LogP contribution in [0.2, 0.25) is 0 Å². The molecule has 0 spiro atoms. The maximum Gasteiger partial charge on any atom is 0.283 e. The van der Waals surface area contributed by atoms with E-state index in [4.69, 9.17) is 0 Å². The normalized spacial score (nSPS) is 10.1. The largest absolute Gasteiger partial charge is 0.283 e. The van der Waals surface area contributed by atoms with Gasteiger partial charge in [-0.15, -0.1) is 15.3 Å². The summed E-state index contributed by atoms with van der Waals surface area (Å²) in [5, 5.41) is 10.8. The molecule has 0 unspecified atom stereocenters. The molecule has 2 aromatic rings. The van der Waals surface area contributed by atoms with Crippen LogP contribution in [0.25, 0.3) is 0 Å². The van der Waals surface area contributed by atoms with Crippen LogP contribution in [-0.2, 0) is 0 Å². The molecule has 8 heteroatoms. The second-order valence-corrected chi connectivity index (χ2v) is 3.25. The van der Waals surface area contributed by atoms with Crippen molar-refractivity contribution in [1.82, 2.24) is 24.5 Å². The fourth-order valence-corrected chi connectivity index (χ4v) is 1.41. The van der Waals surface area contributed by atoms with Crippen LogP contribution in [-0.4, -0.2) is 30.4 Å². The van der Waals surface area contributed by atoms with Crippen molar-refractivity contribution in [3.8, 4) is 0 Å². The topological polar surface area (TPSA) is 85.6 Å². The molecule has 0 saturated carbocycles. The highest BCUT2D eigenvalue weighted by Crippen LogP contribution is 2.08. The highest BCUT2D eigenvalue weighted by molar-refractivity contribution is 7.08. The van der Waals surface area contributed by atoms with Gasteiger partial charge in [0.15, 0.2) is 0 Å². The molecule has 0 radical (unpaired) electrons. The van der Waals surface area contributed by atoms with Crippen molar-refractivity contribution in [2.45, 2.75) is 6.92 Å². The first kappa shape index (κ1) is 8.75. The van der Waals surface area contributed by atoms with E-state index >= 15 is 0 Å². The Balaban J connectivity index is 2.14. The van der Waals surface area contributed by atoms with Crippen LogP contribution in [0.5, 0.6) is 0 Å². The number of nitrogens with zero attached hydrogens (tertiary/aromatic N) is 5. The molecule has 0 bridgehead atoms. The molecule has 0 fully saturated rings. The van der Waals surface area contributed by atoms with E-state index in [-0.39, 0.29) is 5.91 Å². The number of rotatable bonds is 2. The Morgan fingerprint density at radius 3 is 2.79 bits per heavy atom. The van der Waals surface area contributed by atoms with Crippen LogP contribution in [0.4, 0.5) is 0 Å². The maximum absolute atomic E-state index is 11.5. The van der Waals surface area contributed by atoms with Gasteiger partial charge in [-0.25, -0.2) is 4.68 Å². The number of amides is 1. The summed E-state index contributed by atoms with van der Waals surface area (Å²) in [6.45, 7) is 1.73. The minimum atomic E-state index is -0.266. The Morgan fingerprint density at radius 1 is 1.50 bits per heavy atom. The van der Waals surface area contributed by atoms with Crippen molar-refractivity contribution in [2.24, 2.45) is 0 Å². The average Bonchev–Trinajstić information content (AvgIpc) is 2.75. The summed E-state index contributed by atoms with van der Waals surface area (Å²) in [6.07, 6.45) is 2.78. The first-order valence-corrected chi connectivity index (χ1v) is 4.49. The Hall–Kier alpha value is -1.83. The zero-order valence-corrected chi connectivity index (χ0v) is 8.02. The van der Waals surface area contributed by atoms with Gasteiger partial charge in [0.1, 0.15) is 17.5 Å². The van der Waals surface area contributed by atoms with Crippen molar-refractivity contribution in [3.63, 3.8) is 0 Å². The van der Waals surface area contributed by atoms with Crippen LogP contribution in [0, 0.1) is 6.92 Å². The van der Waals surface area contributed by atoms with Crippen molar-refractivity contribution in [1.29, 1.82) is 0 Å². The lowest BCUT2D eigenvalue weighted by molar-refractivity contribution is 0.101. The third-order valence-electron chi connectivity index (χ3n) is 1.51. The Kier molecular flexibility index (Phi) is 2.19. The van der Waals surface area contributed by atoms with Crippen LogP contribution in [0.15, 0.2) is 12.7 Å². The predicted octanol–water partition coefficient (Wildman–Crippen LogP) is -0.178. The Labute approximate surface area is 82.9 Å². The van der Waals surface area contributed by atoms with Gasteiger partial charge < -0.3 is 0 Å². The molecular formula is C6H6N6OS. The summed E-state index contributed by atoms with van der Waals surface area (Å²) in [7, 11) is 0. The lowest BCUT2D eigenvalue weighted by Crippen LogP contribution is -2.21. The Bertz CT molecular complexity index is 435. The van der Waals surface area contributed by atoms with Gasteiger partial charge in [-0.1, -0.05) is 4.49 Å². The van der Waals surface area contributed by atoms with Gasteiger partial charge in [0.25, 0.3) is 5.91 Å². The fraction of sp³-hybridized carbons (Fsp3) is 0.167. The molecular weight excluding hydrogens is 204 g/mol. The van der Waals surface area contributed by atoms with E-state index in [1.807, 2.05) is 0 Å². The molecule has 2 heterocycles. The van der Waals surface area contributed by atoms with Crippen LogP contribution in [0.3, 0.4) is 0 Å². The quantitative estimate of drug-likeness (QED) is 0.743. The Morgan fingerprint density at radius 2 is 2.21 bits per heavy atom. The summed E-state index contributed by atoms with van der Waals surface area (Å²) in [5.74, 6) is -0.266. The SMILES string of the molecule is Cc1nnsc1C(=O)Nn1cnnc1. The van der Waals surface area contributed by atoms with Gasteiger partial charge in [0.2, 0.25) is 0 Å². The number of hydrogen-bond donors (Lipinski definition) is 1. The number of aryl methyl sites for hydroxylation is 1. The summed E-state index contributed by atoms with van der Waals surface area (Å²) in [5.41, 5.74) is 3.16. The third kappa shape index (κ3) is 1.59. The summed E-state index contributed by atoms with van der Waals surface area (Å²) < 4.78 is 5.02. The molecule has 72 valence electrons. The second kappa shape index (κ2) is 3.50. The zero-order valence-electron chi connectivity index (χ0n) is 7.21. The number of carbonyl (C=O) groups excluding carboxylic acids is 1. The maximum atomic E-state index is 11.5. The van der Waals surface area contributed by atoms with Crippen LogP contribution < -0.4 is 5.43 Å². The number of aromatic nitrogens is 5. The molecule has 14 heavy (non-hydrogen) atoms. The van der Waals surface area contributed by atoms with Crippen LogP contribution in [0.1, 0.15) is 15.4 Å². The van der Waals surface area contributed by atoms with Gasteiger partial charge in [0.05, 0.1) is 5.69 Å². The third-order valence-corrected chi connectivity index (χ3v) is 2.33. The first-order valence-electron chi connectivity index (χ1n) is 3.72. The summed E-state index contributed by atoms with van der Waals surface area (Å²) >= 11 is 1.05. The number of carbonyl (C=O) groups is 1. The van der Waals surface area contributed by atoms with Gasteiger partial charge in [-0.2, -0.15) is 0 Å². The minimum Gasteiger partial charge on any atom is -0.266 e. The number of hydrogen-bond acceptors (Lipinski definition) is 6. The van der Waals surface area contributed by atoms with E-state index in [2.05, 4.69) is 25.2 Å². The molecule has 0 aliphatic carbocycles. The van der Waals surface area contributed by atoms with Crippen LogP contribution >= 0.6 is 11.5 Å². The molecule has 1 amide bonds. The highest BCUT2D eigenvalue weighted by atomic mass is 32.1. The van der Waals surface area contributed by atoms with Crippen molar-refractivity contribution < 1.29 is 4.79 Å². The predicted molar refractivity (Wildman–Crippen MR) is 48.4 cm³/mol. The van der Waals surface area contributed by atoms with Gasteiger partial charge in [-0.3, -0.25) is 10.2 Å². The molecule has 0 aliphatic heterocycles. The molecule has 2 aromatic heterocycles. The average molecular weight is 210 g/mol. The molecule has 7 nitrogen and oxygen atoms in total. The van der Waals surface area contributed by atoms with Crippen molar-refractivity contribution in [2.75, 3.05) is 5.43 Å². The van der Waals surface area contributed by atoms with E-state index in [9.17, 15) is 4.79 Å². The molecule has 2 rings (SSSR count). The van der Waals surface area contributed by atoms with E-state index in [1.54, 1.807) is 6.92 Å². The molecule has 0 atom stereocenters. The lowest BCUT2D eigenvalue weighted by atomic mass is 10.4. The summed E-state index contributed by atoms with van der Waals surface area (Å²) in [6, 6.07) is 0. The van der Waals surface area contributed by atoms with E-state index in [0.717, 1.165) is 11.5 Å². The second-order valence-electron chi connectivity index (χ2n) is 2.50. The van der Waals surface area contributed by atoms with Crippen molar-refractivity contribution >= 4 is 17.4 Å². The fourth-order valence-electron chi connectivity index (χ4n) is 0.866. The zero-order chi connectivity index (χ0) is 9.97. The monoisotopic (exact) mass is 210 g/mol. The van der Waals surface area contributed by atoms with E-state index in [0.29, 0.717) is 10.6 Å². The lowest BCUT2D eigenvalue weighted by Gasteiger charge is -2.01. The standard InChI is InChI=1S/C6H6N6OS/c1-4-5(14-11-9-4)6(13)10-12-2-7-8-3-12/h2-3H,1H3,(H,10,13).